The number of carbonyl (C=O) groups excluding carboxylic acids is 2. The molecule has 0 bridgehead atoms. The van der Waals surface area contributed by atoms with Crippen molar-refractivity contribution in [3.05, 3.63) is 71.8 Å². The van der Waals surface area contributed by atoms with Gasteiger partial charge in [-0.05, 0) is 43.4 Å². The third kappa shape index (κ3) is 4.97. The van der Waals surface area contributed by atoms with Crippen LogP contribution in [0.3, 0.4) is 0 Å². The zero-order chi connectivity index (χ0) is 21.6. The van der Waals surface area contributed by atoms with Crippen molar-refractivity contribution in [1.29, 1.82) is 0 Å². The van der Waals surface area contributed by atoms with Crippen LogP contribution in [-0.2, 0) is 4.79 Å². The first kappa shape index (κ1) is 21.5. The highest BCUT2D eigenvalue weighted by molar-refractivity contribution is 5.94. The Morgan fingerprint density at radius 3 is 2.26 bits per heavy atom. The highest BCUT2D eigenvalue weighted by Crippen LogP contribution is 2.25. The largest absolute Gasteiger partial charge is 0.338 e. The second kappa shape index (κ2) is 10.1. The molecule has 31 heavy (non-hydrogen) atoms. The molecule has 2 aromatic carbocycles. The Balaban J connectivity index is 1.36. The molecule has 2 N–H and O–H groups in total. The number of benzene rings is 2. The first-order valence-electron chi connectivity index (χ1n) is 11.4. The van der Waals surface area contributed by atoms with Gasteiger partial charge in [-0.2, -0.15) is 0 Å². The summed E-state index contributed by atoms with van der Waals surface area (Å²) in [5, 5.41) is 0. The van der Waals surface area contributed by atoms with Crippen molar-refractivity contribution in [2.45, 2.75) is 50.7 Å². The van der Waals surface area contributed by atoms with Crippen molar-refractivity contribution < 1.29 is 9.59 Å². The summed E-state index contributed by atoms with van der Waals surface area (Å²) in [5.74, 6) is 0.250. The summed E-state index contributed by atoms with van der Waals surface area (Å²) in [6, 6.07) is 19.8. The van der Waals surface area contributed by atoms with Gasteiger partial charge in [0.05, 0.1) is 0 Å². The molecule has 2 aromatic rings. The van der Waals surface area contributed by atoms with Crippen molar-refractivity contribution in [2.75, 3.05) is 19.6 Å². The zero-order valence-electron chi connectivity index (χ0n) is 18.2. The Morgan fingerprint density at radius 2 is 1.61 bits per heavy atom. The van der Waals surface area contributed by atoms with E-state index in [0.29, 0.717) is 13.1 Å². The minimum Gasteiger partial charge on any atom is -0.338 e. The fraction of sp³-hybridized carbons (Fsp3) is 0.440. The van der Waals surface area contributed by atoms with Crippen LogP contribution in [0.2, 0.25) is 0 Å². The monoisotopic (exact) mass is 420 g/mol. The van der Waals surface area contributed by atoms with Crippen LogP contribution in [0.1, 0.15) is 54.6 Å². The molecule has 6 heteroatoms. The standard InChI is InChI=1S/C25H32N4O2/c1-2-15-29(25(31)23-18-22(26-27-23)19-9-5-3-6-10-19)21-13-16-28(17-14-21)24(30)20-11-7-4-8-12-20/h3-12,21-23,26-27H,2,13-18H2,1H3. The van der Waals surface area contributed by atoms with Gasteiger partial charge in [-0.15, -0.1) is 0 Å². The van der Waals surface area contributed by atoms with Gasteiger partial charge in [0.1, 0.15) is 6.04 Å². The van der Waals surface area contributed by atoms with E-state index in [1.165, 1.54) is 5.56 Å². The lowest BCUT2D eigenvalue weighted by Gasteiger charge is -2.39. The van der Waals surface area contributed by atoms with Gasteiger partial charge >= 0.3 is 0 Å². The summed E-state index contributed by atoms with van der Waals surface area (Å²) >= 11 is 0. The molecule has 4 rings (SSSR count). The number of likely N-dealkylation sites (tertiary alicyclic amines) is 1. The minimum atomic E-state index is -0.222. The van der Waals surface area contributed by atoms with Crippen LogP contribution in [0.4, 0.5) is 0 Å². The van der Waals surface area contributed by atoms with Crippen LogP contribution in [0.15, 0.2) is 60.7 Å². The molecule has 2 aliphatic heterocycles. The van der Waals surface area contributed by atoms with Crippen LogP contribution >= 0.6 is 0 Å². The smallest absolute Gasteiger partial charge is 0.253 e. The SMILES string of the molecule is CCCN(C(=O)C1CC(c2ccccc2)NN1)C1CCN(C(=O)c2ccccc2)CC1. The molecule has 2 fully saturated rings. The van der Waals surface area contributed by atoms with Gasteiger partial charge in [-0.25, -0.2) is 10.9 Å². The van der Waals surface area contributed by atoms with Gasteiger partial charge in [-0.3, -0.25) is 9.59 Å². The van der Waals surface area contributed by atoms with Crippen LogP contribution in [-0.4, -0.2) is 53.3 Å². The van der Waals surface area contributed by atoms with E-state index in [-0.39, 0.29) is 29.9 Å². The lowest BCUT2D eigenvalue weighted by molar-refractivity contribution is -0.136. The van der Waals surface area contributed by atoms with Crippen molar-refractivity contribution >= 4 is 11.8 Å². The number of rotatable bonds is 6. The number of hydrogen-bond acceptors (Lipinski definition) is 4. The predicted molar refractivity (Wildman–Crippen MR) is 121 cm³/mol. The van der Waals surface area contributed by atoms with E-state index in [4.69, 9.17) is 0 Å². The van der Waals surface area contributed by atoms with Gasteiger partial charge in [0.25, 0.3) is 5.91 Å². The topological polar surface area (TPSA) is 64.7 Å². The zero-order valence-corrected chi connectivity index (χ0v) is 18.2. The number of hydrazine groups is 1. The maximum absolute atomic E-state index is 13.4. The van der Waals surface area contributed by atoms with E-state index in [9.17, 15) is 9.59 Å². The predicted octanol–water partition coefficient (Wildman–Crippen LogP) is 3.14. The second-order valence-corrected chi connectivity index (χ2v) is 8.46. The Hall–Kier alpha value is -2.70. The molecule has 2 aliphatic rings. The summed E-state index contributed by atoms with van der Waals surface area (Å²) in [5.41, 5.74) is 8.45. The maximum atomic E-state index is 13.4. The molecule has 6 nitrogen and oxygen atoms in total. The van der Waals surface area contributed by atoms with Crippen LogP contribution in [0.5, 0.6) is 0 Å². The fourth-order valence-electron chi connectivity index (χ4n) is 4.68. The van der Waals surface area contributed by atoms with Gasteiger partial charge in [-0.1, -0.05) is 55.5 Å². The molecule has 0 spiro atoms. The highest BCUT2D eigenvalue weighted by atomic mass is 16.2. The summed E-state index contributed by atoms with van der Waals surface area (Å²) in [6.07, 6.45) is 3.32. The third-order valence-electron chi connectivity index (χ3n) is 6.36. The van der Waals surface area contributed by atoms with Crippen molar-refractivity contribution in [2.24, 2.45) is 0 Å². The number of carbonyl (C=O) groups is 2. The van der Waals surface area contributed by atoms with Gasteiger partial charge in [0, 0.05) is 37.3 Å². The van der Waals surface area contributed by atoms with E-state index in [0.717, 1.165) is 37.8 Å². The summed E-state index contributed by atoms with van der Waals surface area (Å²) in [7, 11) is 0. The number of hydrogen-bond donors (Lipinski definition) is 2. The second-order valence-electron chi connectivity index (χ2n) is 8.46. The molecular formula is C25H32N4O2. The van der Waals surface area contributed by atoms with E-state index in [1.54, 1.807) is 0 Å². The average Bonchev–Trinajstić information content (AvgIpc) is 3.33. The van der Waals surface area contributed by atoms with Gasteiger partial charge < -0.3 is 9.80 Å². The number of nitrogens with zero attached hydrogens (tertiary/aromatic N) is 2. The summed E-state index contributed by atoms with van der Waals surface area (Å²) < 4.78 is 0. The Kier molecular flexibility index (Phi) is 6.99. The third-order valence-corrected chi connectivity index (χ3v) is 6.36. The average molecular weight is 421 g/mol. The Labute approximate surface area is 184 Å². The van der Waals surface area contributed by atoms with E-state index >= 15 is 0 Å². The highest BCUT2D eigenvalue weighted by Gasteiger charge is 2.36. The van der Waals surface area contributed by atoms with Gasteiger partial charge in [0.15, 0.2) is 0 Å². The maximum Gasteiger partial charge on any atom is 0.253 e. The van der Waals surface area contributed by atoms with E-state index in [2.05, 4.69) is 34.8 Å². The van der Waals surface area contributed by atoms with Crippen molar-refractivity contribution in [3.63, 3.8) is 0 Å². The molecule has 0 radical (unpaired) electrons. The molecule has 0 aromatic heterocycles. The minimum absolute atomic E-state index is 0.0831. The quantitative estimate of drug-likeness (QED) is 0.754. The molecular weight excluding hydrogens is 388 g/mol. The lowest BCUT2D eigenvalue weighted by atomic mass is 9.98. The molecule has 2 heterocycles. The van der Waals surface area contributed by atoms with Crippen molar-refractivity contribution in [1.82, 2.24) is 20.7 Å². The summed E-state index contributed by atoms with van der Waals surface area (Å²) in [4.78, 5) is 30.1. The van der Waals surface area contributed by atoms with Gasteiger partial charge in [0.2, 0.25) is 5.91 Å². The molecule has 0 saturated carbocycles. The number of amides is 2. The molecule has 0 aliphatic carbocycles. The number of piperidine rings is 1. The lowest BCUT2D eigenvalue weighted by Crippen LogP contribution is -2.53. The normalized spacial score (nSPS) is 21.8. The molecule has 2 atom stereocenters. The van der Waals surface area contributed by atoms with Crippen LogP contribution < -0.4 is 10.9 Å². The van der Waals surface area contributed by atoms with Crippen LogP contribution in [0, 0.1) is 0 Å². The fourth-order valence-corrected chi connectivity index (χ4v) is 4.68. The Morgan fingerprint density at radius 1 is 0.968 bits per heavy atom. The molecule has 2 saturated heterocycles. The first-order valence-corrected chi connectivity index (χ1v) is 11.4. The molecule has 164 valence electrons. The van der Waals surface area contributed by atoms with E-state index < -0.39 is 0 Å². The Bertz CT molecular complexity index is 866. The molecule has 2 unspecified atom stereocenters. The van der Waals surface area contributed by atoms with E-state index in [1.807, 2.05) is 53.4 Å². The molecule has 2 amide bonds. The van der Waals surface area contributed by atoms with Crippen molar-refractivity contribution in [3.8, 4) is 0 Å². The summed E-state index contributed by atoms with van der Waals surface area (Å²) in [6.45, 7) is 4.25. The van der Waals surface area contributed by atoms with Crippen LogP contribution in [0.25, 0.3) is 0 Å². The first-order chi connectivity index (χ1) is 15.2. The number of nitrogens with one attached hydrogen (secondary N) is 2.